The molecule has 168 valence electrons. The van der Waals surface area contributed by atoms with Gasteiger partial charge in [-0.05, 0) is 61.9 Å². The molecule has 2 saturated carbocycles. The lowest BCUT2D eigenvalue weighted by Crippen LogP contribution is -2.32. The fourth-order valence-electron chi connectivity index (χ4n) is 4.10. The van der Waals surface area contributed by atoms with Crippen LogP contribution in [0.4, 0.5) is 0 Å². The lowest BCUT2D eigenvalue weighted by Gasteiger charge is -2.27. The second kappa shape index (κ2) is 8.04. The van der Waals surface area contributed by atoms with Gasteiger partial charge in [-0.3, -0.25) is 4.79 Å². The van der Waals surface area contributed by atoms with Crippen LogP contribution in [-0.2, 0) is 20.9 Å². The smallest absolute Gasteiger partial charge is 0.338 e. The molecule has 7 nitrogen and oxygen atoms in total. The quantitative estimate of drug-likeness (QED) is 0.569. The number of carbonyl (C=O) groups excluding carboxylic acids is 2. The van der Waals surface area contributed by atoms with Crippen LogP contribution in [0.5, 0.6) is 17.2 Å². The largest absolute Gasteiger partial charge is 0.493 e. The zero-order chi connectivity index (χ0) is 22.3. The van der Waals surface area contributed by atoms with E-state index in [9.17, 15) is 9.59 Å². The molecule has 1 heterocycles. The minimum atomic E-state index is -0.598. The summed E-state index contributed by atoms with van der Waals surface area (Å²) in [4.78, 5) is 24.6. The number of carbonyl (C=O) groups is 2. The fourth-order valence-corrected chi connectivity index (χ4v) is 4.10. The van der Waals surface area contributed by atoms with Crippen LogP contribution in [-0.4, -0.2) is 38.9 Å². The first-order chi connectivity index (χ1) is 15.5. The SMILES string of the molecule is COc1ccc(-c2ccc3c(c2)COC3=O)c(OCC2(C(=O)OC3CCC3)CC2)c1OC. The van der Waals surface area contributed by atoms with Gasteiger partial charge < -0.3 is 23.7 Å². The van der Waals surface area contributed by atoms with Crippen LogP contribution >= 0.6 is 0 Å². The molecule has 0 bridgehead atoms. The van der Waals surface area contributed by atoms with Gasteiger partial charge in [-0.1, -0.05) is 6.07 Å². The Hall–Kier alpha value is -3.22. The standard InChI is InChI=1S/C25H26O7/c1-28-20-9-8-18(15-6-7-19-16(12-15)13-30-23(19)26)21(22(20)29-2)31-14-25(10-11-25)24(27)32-17-4-3-5-17/h6-9,12,17H,3-5,10-11,13-14H2,1-2H3. The third-order valence-electron chi connectivity index (χ3n) is 6.60. The first-order valence-corrected chi connectivity index (χ1v) is 10.9. The van der Waals surface area contributed by atoms with Gasteiger partial charge in [-0.25, -0.2) is 4.79 Å². The summed E-state index contributed by atoms with van der Waals surface area (Å²) in [7, 11) is 3.12. The zero-order valence-electron chi connectivity index (χ0n) is 18.3. The van der Waals surface area contributed by atoms with E-state index >= 15 is 0 Å². The summed E-state index contributed by atoms with van der Waals surface area (Å²) >= 11 is 0. The first kappa shape index (κ1) is 20.7. The van der Waals surface area contributed by atoms with Gasteiger partial charge in [0.05, 0.1) is 19.8 Å². The number of esters is 2. The van der Waals surface area contributed by atoms with E-state index in [1.54, 1.807) is 20.3 Å². The van der Waals surface area contributed by atoms with Gasteiger partial charge in [0.25, 0.3) is 0 Å². The van der Waals surface area contributed by atoms with Gasteiger partial charge in [0.2, 0.25) is 5.75 Å². The van der Waals surface area contributed by atoms with E-state index in [0.717, 1.165) is 48.8 Å². The molecular formula is C25H26O7. The number of hydrogen-bond donors (Lipinski definition) is 0. The third-order valence-corrected chi connectivity index (χ3v) is 6.60. The number of fused-ring (bicyclic) bond motifs is 1. The Kier molecular flexibility index (Phi) is 5.19. The highest BCUT2D eigenvalue weighted by molar-refractivity contribution is 5.94. The van der Waals surface area contributed by atoms with Crippen LogP contribution in [0.1, 0.15) is 48.0 Å². The van der Waals surface area contributed by atoms with Crippen LogP contribution in [0, 0.1) is 5.41 Å². The number of hydrogen-bond acceptors (Lipinski definition) is 7. The van der Waals surface area contributed by atoms with Crippen LogP contribution in [0.3, 0.4) is 0 Å². The summed E-state index contributed by atoms with van der Waals surface area (Å²) in [5.41, 5.74) is 2.45. The molecule has 32 heavy (non-hydrogen) atoms. The highest BCUT2D eigenvalue weighted by Gasteiger charge is 2.53. The highest BCUT2D eigenvalue weighted by atomic mass is 16.6. The minimum absolute atomic E-state index is 0.0539. The summed E-state index contributed by atoms with van der Waals surface area (Å²) in [6, 6.07) is 9.25. The summed E-state index contributed by atoms with van der Waals surface area (Å²) < 4.78 is 28.2. The number of ether oxygens (including phenoxy) is 5. The van der Waals surface area contributed by atoms with Crippen molar-refractivity contribution in [3.8, 4) is 28.4 Å². The Morgan fingerprint density at radius 2 is 1.84 bits per heavy atom. The Morgan fingerprint density at radius 3 is 2.50 bits per heavy atom. The lowest BCUT2D eigenvalue weighted by molar-refractivity contribution is -0.161. The second-order valence-corrected chi connectivity index (χ2v) is 8.65. The van der Waals surface area contributed by atoms with Crippen LogP contribution in [0.25, 0.3) is 11.1 Å². The first-order valence-electron chi connectivity index (χ1n) is 10.9. The van der Waals surface area contributed by atoms with Gasteiger partial charge in [0, 0.05) is 11.1 Å². The molecule has 2 aliphatic carbocycles. The summed E-state index contributed by atoms with van der Waals surface area (Å²) in [6.07, 6.45) is 4.56. The molecule has 2 fully saturated rings. The van der Waals surface area contributed by atoms with E-state index < -0.39 is 5.41 Å². The van der Waals surface area contributed by atoms with Crippen molar-refractivity contribution in [3.63, 3.8) is 0 Å². The minimum Gasteiger partial charge on any atom is -0.493 e. The van der Waals surface area contributed by atoms with E-state index in [1.165, 1.54) is 0 Å². The Morgan fingerprint density at radius 1 is 1.06 bits per heavy atom. The van der Waals surface area contributed by atoms with Crippen LogP contribution < -0.4 is 14.2 Å². The zero-order valence-corrected chi connectivity index (χ0v) is 18.3. The molecule has 0 atom stereocenters. The molecule has 3 aliphatic rings. The van der Waals surface area contributed by atoms with Crippen molar-refractivity contribution >= 4 is 11.9 Å². The molecule has 0 saturated heterocycles. The van der Waals surface area contributed by atoms with Crippen molar-refractivity contribution in [2.45, 2.75) is 44.8 Å². The van der Waals surface area contributed by atoms with Crippen LogP contribution in [0.15, 0.2) is 30.3 Å². The molecule has 5 rings (SSSR count). The number of benzene rings is 2. The molecule has 7 heteroatoms. The average molecular weight is 438 g/mol. The molecule has 2 aromatic carbocycles. The Bertz CT molecular complexity index is 1070. The van der Waals surface area contributed by atoms with Crippen molar-refractivity contribution < 1.29 is 33.3 Å². The molecule has 0 spiro atoms. The predicted molar refractivity (Wildman–Crippen MR) is 115 cm³/mol. The van der Waals surface area contributed by atoms with Gasteiger partial charge in [-0.15, -0.1) is 0 Å². The van der Waals surface area contributed by atoms with Crippen molar-refractivity contribution in [1.29, 1.82) is 0 Å². The number of rotatable bonds is 8. The van der Waals surface area contributed by atoms with E-state index in [2.05, 4.69) is 0 Å². The topological polar surface area (TPSA) is 80.3 Å². The van der Waals surface area contributed by atoms with Gasteiger partial charge >= 0.3 is 11.9 Å². The molecule has 2 aromatic rings. The summed E-state index contributed by atoms with van der Waals surface area (Å²) in [5.74, 6) is 1.02. The van der Waals surface area contributed by atoms with E-state index in [-0.39, 0.29) is 31.3 Å². The average Bonchev–Trinajstić information content (AvgIpc) is 3.50. The van der Waals surface area contributed by atoms with Crippen molar-refractivity contribution in [3.05, 3.63) is 41.5 Å². The maximum atomic E-state index is 12.7. The van der Waals surface area contributed by atoms with E-state index in [1.807, 2.05) is 24.3 Å². The normalized spacial score (nSPS) is 18.2. The highest BCUT2D eigenvalue weighted by Crippen LogP contribution is 2.51. The summed E-state index contributed by atoms with van der Waals surface area (Å²) in [5, 5.41) is 0. The van der Waals surface area contributed by atoms with Gasteiger partial charge in [0.15, 0.2) is 11.5 Å². The van der Waals surface area contributed by atoms with Gasteiger partial charge in [-0.2, -0.15) is 0 Å². The molecule has 0 unspecified atom stereocenters. The van der Waals surface area contributed by atoms with Crippen molar-refractivity contribution in [2.24, 2.45) is 5.41 Å². The maximum absolute atomic E-state index is 12.7. The lowest BCUT2D eigenvalue weighted by atomic mass is 9.96. The van der Waals surface area contributed by atoms with Crippen LogP contribution in [0.2, 0.25) is 0 Å². The Labute approximate surface area is 186 Å². The third kappa shape index (κ3) is 3.55. The van der Waals surface area contributed by atoms with E-state index in [0.29, 0.717) is 22.8 Å². The summed E-state index contributed by atoms with van der Waals surface area (Å²) in [6.45, 7) is 0.462. The molecule has 1 aliphatic heterocycles. The number of cyclic esters (lactones) is 1. The number of methoxy groups -OCH3 is 2. The second-order valence-electron chi connectivity index (χ2n) is 8.65. The van der Waals surface area contributed by atoms with Crippen molar-refractivity contribution in [2.75, 3.05) is 20.8 Å². The monoisotopic (exact) mass is 438 g/mol. The molecule has 0 aromatic heterocycles. The molecular weight excluding hydrogens is 412 g/mol. The molecule has 0 radical (unpaired) electrons. The van der Waals surface area contributed by atoms with Gasteiger partial charge in [0.1, 0.15) is 24.7 Å². The van der Waals surface area contributed by atoms with E-state index in [4.69, 9.17) is 23.7 Å². The molecule has 0 amide bonds. The fraction of sp³-hybridized carbons (Fsp3) is 0.440. The maximum Gasteiger partial charge on any atom is 0.338 e. The molecule has 0 N–H and O–H groups in total. The van der Waals surface area contributed by atoms with Crippen molar-refractivity contribution in [1.82, 2.24) is 0 Å². The predicted octanol–water partition coefficient (Wildman–Crippen LogP) is 4.30. The Balaban J connectivity index is 1.45.